The zero-order valence-corrected chi connectivity index (χ0v) is 13.4. The SMILES string of the molecule is CCCNc1nc(C)cc(C(=O)NCc2ccc(Cl)cc2)n1. The van der Waals surface area contributed by atoms with Crippen LogP contribution in [0, 0.1) is 6.92 Å². The lowest BCUT2D eigenvalue weighted by atomic mass is 10.2. The Hall–Kier alpha value is -2.14. The van der Waals surface area contributed by atoms with Crippen LogP contribution in [0.4, 0.5) is 5.95 Å². The molecule has 0 aliphatic rings. The molecule has 0 unspecified atom stereocenters. The number of carbonyl (C=O) groups is 1. The Labute approximate surface area is 135 Å². The first kappa shape index (κ1) is 16.2. The van der Waals surface area contributed by atoms with E-state index in [1.807, 2.05) is 19.1 Å². The monoisotopic (exact) mass is 318 g/mol. The van der Waals surface area contributed by atoms with Gasteiger partial charge in [-0.3, -0.25) is 4.79 Å². The topological polar surface area (TPSA) is 66.9 Å². The molecule has 0 atom stereocenters. The number of hydrogen-bond acceptors (Lipinski definition) is 4. The fourth-order valence-electron chi connectivity index (χ4n) is 1.88. The van der Waals surface area contributed by atoms with Gasteiger partial charge in [0.15, 0.2) is 0 Å². The Kier molecular flexibility index (Phi) is 5.72. The van der Waals surface area contributed by atoms with Gasteiger partial charge in [-0.2, -0.15) is 0 Å². The molecule has 1 aromatic carbocycles. The summed E-state index contributed by atoms with van der Waals surface area (Å²) >= 11 is 5.84. The lowest BCUT2D eigenvalue weighted by Gasteiger charge is -2.08. The predicted octanol–water partition coefficient (Wildman–Crippen LogP) is 3.19. The zero-order valence-electron chi connectivity index (χ0n) is 12.7. The van der Waals surface area contributed by atoms with Gasteiger partial charge in [-0.05, 0) is 37.1 Å². The van der Waals surface area contributed by atoms with Gasteiger partial charge >= 0.3 is 0 Å². The maximum Gasteiger partial charge on any atom is 0.270 e. The quantitative estimate of drug-likeness (QED) is 0.858. The molecule has 1 aromatic heterocycles. The standard InChI is InChI=1S/C16H19ClN4O/c1-3-8-18-16-20-11(2)9-14(21-16)15(22)19-10-12-4-6-13(17)7-5-12/h4-7,9H,3,8,10H2,1-2H3,(H,19,22)(H,18,20,21). The summed E-state index contributed by atoms with van der Waals surface area (Å²) in [6.07, 6.45) is 0.968. The Morgan fingerprint density at radius 3 is 2.64 bits per heavy atom. The Morgan fingerprint density at radius 1 is 1.23 bits per heavy atom. The van der Waals surface area contributed by atoms with Gasteiger partial charge in [0, 0.05) is 23.8 Å². The number of benzene rings is 1. The number of carbonyl (C=O) groups excluding carboxylic acids is 1. The first-order valence-electron chi connectivity index (χ1n) is 7.20. The minimum absolute atomic E-state index is 0.222. The van der Waals surface area contributed by atoms with Gasteiger partial charge in [0.05, 0.1) is 0 Å². The fraction of sp³-hybridized carbons (Fsp3) is 0.312. The van der Waals surface area contributed by atoms with Crippen molar-refractivity contribution >= 4 is 23.5 Å². The predicted molar refractivity (Wildman–Crippen MR) is 88.2 cm³/mol. The Bertz CT molecular complexity index is 643. The summed E-state index contributed by atoms with van der Waals surface area (Å²) in [4.78, 5) is 20.7. The van der Waals surface area contributed by atoms with Crippen molar-refractivity contribution in [2.24, 2.45) is 0 Å². The van der Waals surface area contributed by atoms with Gasteiger partial charge in [-0.15, -0.1) is 0 Å². The molecule has 0 spiro atoms. The van der Waals surface area contributed by atoms with E-state index >= 15 is 0 Å². The van der Waals surface area contributed by atoms with E-state index in [0.29, 0.717) is 23.2 Å². The number of rotatable bonds is 6. The van der Waals surface area contributed by atoms with Crippen molar-refractivity contribution in [2.45, 2.75) is 26.8 Å². The second kappa shape index (κ2) is 7.75. The van der Waals surface area contributed by atoms with Crippen molar-refractivity contribution in [1.29, 1.82) is 0 Å². The molecule has 2 N–H and O–H groups in total. The van der Waals surface area contributed by atoms with E-state index in [2.05, 4.69) is 27.5 Å². The van der Waals surface area contributed by atoms with Crippen LogP contribution in [-0.4, -0.2) is 22.4 Å². The van der Waals surface area contributed by atoms with Gasteiger partial charge in [0.1, 0.15) is 5.69 Å². The summed E-state index contributed by atoms with van der Waals surface area (Å²) in [5, 5.41) is 6.61. The molecule has 0 aliphatic carbocycles. The molecule has 22 heavy (non-hydrogen) atoms. The number of anilines is 1. The number of aromatic nitrogens is 2. The van der Waals surface area contributed by atoms with Gasteiger partial charge in [-0.25, -0.2) is 9.97 Å². The smallest absolute Gasteiger partial charge is 0.270 e. The third-order valence-corrected chi connectivity index (χ3v) is 3.24. The third-order valence-electron chi connectivity index (χ3n) is 2.99. The minimum atomic E-state index is -0.222. The highest BCUT2D eigenvalue weighted by Crippen LogP contribution is 2.10. The van der Waals surface area contributed by atoms with E-state index in [1.54, 1.807) is 18.2 Å². The van der Waals surface area contributed by atoms with Crippen molar-refractivity contribution < 1.29 is 4.79 Å². The molecule has 0 bridgehead atoms. The number of aryl methyl sites for hydroxylation is 1. The highest BCUT2D eigenvalue weighted by Gasteiger charge is 2.10. The molecule has 0 aliphatic heterocycles. The molecular formula is C16H19ClN4O. The van der Waals surface area contributed by atoms with Gasteiger partial charge in [0.25, 0.3) is 5.91 Å². The number of nitrogens with one attached hydrogen (secondary N) is 2. The first-order chi connectivity index (χ1) is 10.6. The van der Waals surface area contributed by atoms with E-state index in [-0.39, 0.29) is 5.91 Å². The summed E-state index contributed by atoms with van der Waals surface area (Å²) < 4.78 is 0. The Balaban J connectivity index is 2.02. The van der Waals surface area contributed by atoms with Gasteiger partial charge < -0.3 is 10.6 Å². The lowest BCUT2D eigenvalue weighted by molar-refractivity contribution is 0.0945. The summed E-state index contributed by atoms with van der Waals surface area (Å²) in [5.41, 5.74) is 2.10. The molecule has 116 valence electrons. The molecule has 1 heterocycles. The van der Waals surface area contributed by atoms with Gasteiger partial charge in [0.2, 0.25) is 5.95 Å². The molecular weight excluding hydrogens is 300 g/mol. The number of halogens is 1. The normalized spacial score (nSPS) is 10.3. The van der Waals surface area contributed by atoms with E-state index < -0.39 is 0 Å². The van der Waals surface area contributed by atoms with Crippen LogP contribution >= 0.6 is 11.6 Å². The molecule has 1 amide bonds. The van der Waals surface area contributed by atoms with E-state index in [9.17, 15) is 4.79 Å². The largest absolute Gasteiger partial charge is 0.354 e. The zero-order chi connectivity index (χ0) is 15.9. The summed E-state index contributed by atoms with van der Waals surface area (Å²) in [6, 6.07) is 9.02. The molecule has 0 fully saturated rings. The number of nitrogens with zero attached hydrogens (tertiary/aromatic N) is 2. The van der Waals surface area contributed by atoms with Crippen LogP contribution in [0.15, 0.2) is 30.3 Å². The maximum atomic E-state index is 12.2. The van der Waals surface area contributed by atoms with E-state index in [4.69, 9.17) is 11.6 Å². The Morgan fingerprint density at radius 2 is 1.95 bits per heavy atom. The maximum absolute atomic E-state index is 12.2. The fourth-order valence-corrected chi connectivity index (χ4v) is 2.00. The van der Waals surface area contributed by atoms with Crippen LogP contribution in [0.1, 0.15) is 35.1 Å². The van der Waals surface area contributed by atoms with Crippen LogP contribution in [0.5, 0.6) is 0 Å². The van der Waals surface area contributed by atoms with Gasteiger partial charge in [-0.1, -0.05) is 30.7 Å². The average molecular weight is 319 g/mol. The summed E-state index contributed by atoms with van der Waals surface area (Å²) in [6.45, 7) is 5.10. The van der Waals surface area contributed by atoms with Crippen LogP contribution in [0.3, 0.4) is 0 Å². The lowest BCUT2D eigenvalue weighted by Crippen LogP contribution is -2.24. The minimum Gasteiger partial charge on any atom is -0.354 e. The molecule has 5 nitrogen and oxygen atoms in total. The van der Waals surface area contributed by atoms with Crippen molar-refractivity contribution in [2.75, 3.05) is 11.9 Å². The van der Waals surface area contributed by atoms with Crippen LogP contribution in [0.25, 0.3) is 0 Å². The van der Waals surface area contributed by atoms with E-state index in [0.717, 1.165) is 24.2 Å². The first-order valence-corrected chi connectivity index (χ1v) is 7.58. The number of hydrogen-bond donors (Lipinski definition) is 2. The second-order valence-corrected chi connectivity index (χ2v) is 5.39. The molecule has 2 aromatic rings. The van der Waals surface area contributed by atoms with Crippen molar-refractivity contribution in [3.63, 3.8) is 0 Å². The van der Waals surface area contributed by atoms with Crippen molar-refractivity contribution in [1.82, 2.24) is 15.3 Å². The molecule has 0 radical (unpaired) electrons. The molecule has 0 saturated carbocycles. The average Bonchev–Trinajstić information content (AvgIpc) is 2.51. The van der Waals surface area contributed by atoms with Crippen molar-refractivity contribution in [3.05, 3.63) is 52.3 Å². The molecule has 0 saturated heterocycles. The highest BCUT2D eigenvalue weighted by atomic mass is 35.5. The van der Waals surface area contributed by atoms with Crippen LogP contribution in [-0.2, 0) is 6.54 Å². The van der Waals surface area contributed by atoms with Crippen LogP contribution in [0.2, 0.25) is 5.02 Å². The van der Waals surface area contributed by atoms with Crippen molar-refractivity contribution in [3.8, 4) is 0 Å². The highest BCUT2D eigenvalue weighted by molar-refractivity contribution is 6.30. The van der Waals surface area contributed by atoms with E-state index in [1.165, 1.54) is 0 Å². The second-order valence-electron chi connectivity index (χ2n) is 4.95. The number of amides is 1. The summed E-state index contributed by atoms with van der Waals surface area (Å²) in [5.74, 6) is 0.262. The molecule has 6 heteroatoms. The summed E-state index contributed by atoms with van der Waals surface area (Å²) in [7, 11) is 0. The van der Waals surface area contributed by atoms with Crippen LogP contribution < -0.4 is 10.6 Å². The third kappa shape index (κ3) is 4.70. The molecule has 2 rings (SSSR count).